The van der Waals surface area contributed by atoms with Crippen LogP contribution < -0.4 is 0 Å². The number of hydrogen-bond donors (Lipinski definition) is 2. The van der Waals surface area contributed by atoms with Gasteiger partial charge in [-0.2, -0.15) is 0 Å². The number of carboxylic acid groups (broad SMARTS) is 1. The number of benzene rings is 1. The lowest BCUT2D eigenvalue weighted by Crippen LogP contribution is -1.97. The molecule has 0 radical (unpaired) electrons. The number of nitrogens with one attached hydrogen (secondary N) is 1. The van der Waals surface area contributed by atoms with Gasteiger partial charge in [0, 0.05) is 16.7 Å². The number of carboxylic acids is 1. The number of hydrogen-bond acceptors (Lipinski definition) is 5. The number of carbonyl (C=O) groups is 1. The standard InChI is InChI=1S/C16H11Cl2N3O3S/c1-8-19-16(21-20-8)25-14(15(22)23)7-10-3-5-13(24-10)11-6-9(17)2-4-12(11)18/h2-7H,1H3,(H,22,23)(H,19,20,21)/b14-7+. The van der Waals surface area contributed by atoms with Gasteiger partial charge in [-0.1, -0.05) is 23.2 Å². The molecule has 0 fully saturated rings. The molecule has 0 bridgehead atoms. The number of rotatable bonds is 5. The Morgan fingerprint density at radius 3 is 2.80 bits per heavy atom. The van der Waals surface area contributed by atoms with Crippen LogP contribution in [0.15, 0.2) is 44.8 Å². The van der Waals surface area contributed by atoms with E-state index in [1.54, 1.807) is 37.3 Å². The number of aromatic amines is 1. The van der Waals surface area contributed by atoms with E-state index in [4.69, 9.17) is 27.6 Å². The molecule has 9 heteroatoms. The summed E-state index contributed by atoms with van der Waals surface area (Å²) in [6.07, 6.45) is 1.40. The summed E-state index contributed by atoms with van der Waals surface area (Å²) >= 11 is 13.1. The van der Waals surface area contributed by atoms with E-state index in [2.05, 4.69) is 15.2 Å². The molecule has 0 spiro atoms. The molecule has 0 saturated carbocycles. The molecule has 2 aromatic heterocycles. The molecule has 128 valence electrons. The Kier molecular flexibility index (Phi) is 5.17. The number of thioether (sulfide) groups is 1. The maximum atomic E-state index is 11.5. The van der Waals surface area contributed by atoms with Gasteiger partial charge in [0.25, 0.3) is 0 Å². The molecule has 0 unspecified atom stereocenters. The Bertz CT molecular complexity index is 965. The van der Waals surface area contributed by atoms with E-state index in [0.29, 0.717) is 38.1 Å². The quantitative estimate of drug-likeness (QED) is 0.471. The zero-order valence-corrected chi connectivity index (χ0v) is 15.1. The molecule has 6 nitrogen and oxygen atoms in total. The number of halogens is 2. The van der Waals surface area contributed by atoms with Gasteiger partial charge in [0.15, 0.2) is 0 Å². The number of nitrogens with zero attached hydrogens (tertiary/aromatic N) is 2. The van der Waals surface area contributed by atoms with Crippen molar-refractivity contribution in [2.24, 2.45) is 0 Å². The molecule has 3 rings (SSSR count). The van der Waals surface area contributed by atoms with Crippen LogP contribution in [0, 0.1) is 6.92 Å². The minimum absolute atomic E-state index is 0.0251. The first-order valence-electron chi connectivity index (χ1n) is 6.99. The largest absolute Gasteiger partial charge is 0.477 e. The fourth-order valence-corrected chi connectivity index (χ4v) is 3.11. The molecule has 0 aliphatic carbocycles. The lowest BCUT2D eigenvalue weighted by atomic mass is 10.2. The Balaban J connectivity index is 1.90. The van der Waals surface area contributed by atoms with Crippen LogP contribution in [0.2, 0.25) is 10.0 Å². The third-order valence-corrected chi connectivity index (χ3v) is 4.52. The van der Waals surface area contributed by atoms with Gasteiger partial charge in [-0.3, -0.25) is 5.10 Å². The second kappa shape index (κ2) is 7.35. The topological polar surface area (TPSA) is 92.0 Å². The van der Waals surface area contributed by atoms with Crippen LogP contribution in [0.5, 0.6) is 0 Å². The first kappa shape index (κ1) is 17.6. The normalized spacial score (nSPS) is 11.7. The first-order chi connectivity index (χ1) is 11.9. The first-order valence-corrected chi connectivity index (χ1v) is 8.57. The van der Waals surface area contributed by atoms with Crippen LogP contribution in [0.3, 0.4) is 0 Å². The summed E-state index contributed by atoms with van der Waals surface area (Å²) in [6.45, 7) is 1.73. The van der Waals surface area contributed by atoms with Crippen molar-refractivity contribution in [1.29, 1.82) is 0 Å². The van der Waals surface area contributed by atoms with Crippen molar-refractivity contribution >= 4 is 47.0 Å². The third-order valence-electron chi connectivity index (χ3n) is 3.08. The van der Waals surface area contributed by atoms with Crippen LogP contribution in [0.4, 0.5) is 0 Å². The van der Waals surface area contributed by atoms with Crippen molar-refractivity contribution in [1.82, 2.24) is 15.2 Å². The molecule has 0 aliphatic rings. The van der Waals surface area contributed by atoms with Gasteiger partial charge in [0.1, 0.15) is 22.3 Å². The highest BCUT2D eigenvalue weighted by Crippen LogP contribution is 2.33. The number of H-pyrrole nitrogens is 1. The highest BCUT2D eigenvalue weighted by Gasteiger charge is 2.15. The van der Waals surface area contributed by atoms with Gasteiger partial charge < -0.3 is 9.52 Å². The molecule has 0 amide bonds. The monoisotopic (exact) mass is 395 g/mol. The summed E-state index contributed by atoms with van der Waals surface area (Å²) in [4.78, 5) is 15.6. The average molecular weight is 396 g/mol. The highest BCUT2D eigenvalue weighted by atomic mass is 35.5. The summed E-state index contributed by atoms with van der Waals surface area (Å²) in [7, 11) is 0. The van der Waals surface area contributed by atoms with Gasteiger partial charge >= 0.3 is 5.97 Å². The Morgan fingerprint density at radius 1 is 1.32 bits per heavy atom. The predicted octanol–water partition coefficient (Wildman–Crippen LogP) is 4.90. The molecular formula is C16H11Cl2N3O3S. The van der Waals surface area contributed by atoms with Crippen molar-refractivity contribution in [3.05, 3.63) is 56.9 Å². The van der Waals surface area contributed by atoms with E-state index in [0.717, 1.165) is 11.8 Å². The second-order valence-electron chi connectivity index (χ2n) is 4.95. The van der Waals surface area contributed by atoms with E-state index in [-0.39, 0.29) is 4.91 Å². The minimum atomic E-state index is -1.11. The van der Waals surface area contributed by atoms with Crippen molar-refractivity contribution in [3.8, 4) is 11.3 Å². The van der Waals surface area contributed by atoms with Crippen LogP contribution >= 0.6 is 35.0 Å². The summed E-state index contributed by atoms with van der Waals surface area (Å²) in [6, 6.07) is 8.37. The summed E-state index contributed by atoms with van der Waals surface area (Å²) in [5, 5.41) is 17.3. The smallest absolute Gasteiger partial charge is 0.342 e. The van der Waals surface area contributed by atoms with Crippen molar-refractivity contribution < 1.29 is 14.3 Å². The molecule has 2 heterocycles. The zero-order valence-electron chi connectivity index (χ0n) is 12.8. The van der Waals surface area contributed by atoms with E-state index in [9.17, 15) is 9.90 Å². The van der Waals surface area contributed by atoms with E-state index in [1.807, 2.05) is 0 Å². The van der Waals surface area contributed by atoms with Gasteiger partial charge in [-0.15, -0.1) is 5.10 Å². The SMILES string of the molecule is Cc1nc(S/C(=C/c2ccc(-c3cc(Cl)ccc3Cl)o2)C(=O)O)n[nH]1. The van der Waals surface area contributed by atoms with Crippen molar-refractivity contribution in [2.45, 2.75) is 12.1 Å². The molecule has 0 saturated heterocycles. The van der Waals surface area contributed by atoms with Gasteiger partial charge in [0.05, 0.1) is 5.02 Å². The van der Waals surface area contributed by atoms with Crippen molar-refractivity contribution in [3.63, 3.8) is 0 Å². The Hall–Kier alpha value is -2.22. The second-order valence-corrected chi connectivity index (χ2v) is 6.80. The van der Waals surface area contributed by atoms with E-state index < -0.39 is 5.97 Å². The maximum absolute atomic E-state index is 11.5. The summed E-state index contributed by atoms with van der Waals surface area (Å²) in [5.41, 5.74) is 0.628. The molecular weight excluding hydrogens is 385 g/mol. The van der Waals surface area contributed by atoms with Gasteiger partial charge in [-0.05, 0) is 49.0 Å². The number of aliphatic carboxylic acids is 1. The Morgan fingerprint density at radius 2 is 2.12 bits per heavy atom. The lowest BCUT2D eigenvalue weighted by Gasteiger charge is -2.01. The summed E-state index contributed by atoms with van der Waals surface area (Å²) < 4.78 is 5.68. The van der Waals surface area contributed by atoms with Gasteiger partial charge in [-0.25, -0.2) is 9.78 Å². The molecule has 2 N–H and O–H groups in total. The average Bonchev–Trinajstić information content (AvgIpc) is 3.18. The predicted molar refractivity (Wildman–Crippen MR) is 96.8 cm³/mol. The molecule has 0 atom stereocenters. The Labute approximate surface area is 156 Å². The molecule has 3 aromatic rings. The van der Waals surface area contributed by atoms with Crippen LogP contribution in [0.25, 0.3) is 17.4 Å². The minimum Gasteiger partial charge on any atom is -0.477 e. The lowest BCUT2D eigenvalue weighted by molar-refractivity contribution is -0.131. The number of aryl methyl sites for hydroxylation is 1. The fraction of sp³-hybridized carbons (Fsp3) is 0.0625. The molecule has 1 aromatic carbocycles. The van der Waals surface area contributed by atoms with Crippen LogP contribution in [-0.2, 0) is 4.79 Å². The molecule has 0 aliphatic heterocycles. The van der Waals surface area contributed by atoms with Crippen molar-refractivity contribution in [2.75, 3.05) is 0 Å². The number of furan rings is 1. The van der Waals surface area contributed by atoms with E-state index >= 15 is 0 Å². The van der Waals surface area contributed by atoms with Crippen LogP contribution in [0.1, 0.15) is 11.6 Å². The van der Waals surface area contributed by atoms with E-state index in [1.165, 1.54) is 6.08 Å². The van der Waals surface area contributed by atoms with Crippen LogP contribution in [-0.4, -0.2) is 26.3 Å². The third kappa shape index (κ3) is 4.25. The fourth-order valence-electron chi connectivity index (χ4n) is 1.99. The zero-order chi connectivity index (χ0) is 18.0. The van der Waals surface area contributed by atoms with Gasteiger partial charge in [0.2, 0.25) is 5.16 Å². The summed E-state index contributed by atoms with van der Waals surface area (Å²) in [5.74, 6) is 0.347. The molecule has 25 heavy (non-hydrogen) atoms. The highest BCUT2D eigenvalue weighted by molar-refractivity contribution is 8.04. The maximum Gasteiger partial charge on any atom is 0.342 e. The number of aromatic nitrogens is 3.